The minimum absolute atomic E-state index is 0.0180. The lowest BCUT2D eigenvalue weighted by molar-refractivity contribution is -0.120. The van der Waals surface area contributed by atoms with Crippen LogP contribution in [0.2, 0.25) is 0 Å². The molecule has 6 heteroatoms. The van der Waals surface area contributed by atoms with Crippen LogP contribution in [0.15, 0.2) is 36.4 Å². The van der Waals surface area contributed by atoms with Crippen LogP contribution in [0.1, 0.15) is 39.5 Å². The second-order valence-corrected chi connectivity index (χ2v) is 7.44. The summed E-state index contributed by atoms with van der Waals surface area (Å²) in [6.07, 6.45) is 0. The summed E-state index contributed by atoms with van der Waals surface area (Å²) >= 11 is 1.42. The van der Waals surface area contributed by atoms with Crippen LogP contribution in [0.4, 0.5) is 0 Å². The molecule has 26 heavy (non-hydrogen) atoms. The van der Waals surface area contributed by atoms with Gasteiger partial charge in [0.2, 0.25) is 5.91 Å². The summed E-state index contributed by atoms with van der Waals surface area (Å²) in [6.45, 7) is 9.71. The highest BCUT2D eigenvalue weighted by Gasteiger charge is 2.09. The highest BCUT2D eigenvalue weighted by Crippen LogP contribution is 2.14. The first-order chi connectivity index (χ1) is 12.5. The Balaban J connectivity index is 1.74. The molecule has 0 spiro atoms. The Labute approximate surface area is 159 Å². The molecule has 1 heterocycles. The number of hydrogen-bond acceptors (Lipinski definition) is 4. The molecule has 0 saturated heterocycles. The first-order valence-corrected chi connectivity index (χ1v) is 9.75. The van der Waals surface area contributed by atoms with Gasteiger partial charge < -0.3 is 10.6 Å². The van der Waals surface area contributed by atoms with E-state index >= 15 is 0 Å². The lowest BCUT2D eigenvalue weighted by atomic mass is 10.1. The summed E-state index contributed by atoms with van der Waals surface area (Å²) in [5.41, 5.74) is 2.31. The van der Waals surface area contributed by atoms with Gasteiger partial charge in [0.15, 0.2) is 0 Å². The standard InChI is InChI=1S/C20H27N3O2S/c1-4-23(5-2)14-17-9-7-16(8-10-17)12-21-19(24)13-22-20(25)18-11-6-15(3)26-18/h6-11H,4-5,12-14H2,1-3H3,(H,21,24)(H,22,25). The van der Waals surface area contributed by atoms with Gasteiger partial charge in [-0.25, -0.2) is 0 Å². The highest BCUT2D eigenvalue weighted by atomic mass is 32.1. The Bertz CT molecular complexity index is 721. The normalized spacial score (nSPS) is 10.8. The van der Waals surface area contributed by atoms with E-state index in [0.717, 1.165) is 30.1 Å². The third-order valence-electron chi connectivity index (χ3n) is 4.19. The van der Waals surface area contributed by atoms with E-state index in [1.165, 1.54) is 16.9 Å². The Hall–Kier alpha value is -2.18. The van der Waals surface area contributed by atoms with Crippen LogP contribution in [0.3, 0.4) is 0 Å². The molecule has 0 atom stereocenters. The van der Waals surface area contributed by atoms with Gasteiger partial charge in [-0.1, -0.05) is 38.1 Å². The Morgan fingerprint density at radius 1 is 0.962 bits per heavy atom. The number of carbonyl (C=O) groups excluding carboxylic acids is 2. The number of amides is 2. The van der Waals surface area contributed by atoms with Crippen molar-refractivity contribution in [3.8, 4) is 0 Å². The molecule has 2 rings (SSSR count). The number of benzene rings is 1. The highest BCUT2D eigenvalue weighted by molar-refractivity contribution is 7.13. The first kappa shape index (κ1) is 20.1. The second kappa shape index (κ2) is 10.1. The molecule has 0 aliphatic rings. The fraction of sp³-hybridized carbons (Fsp3) is 0.400. The van der Waals surface area contributed by atoms with Crippen LogP contribution in [-0.2, 0) is 17.9 Å². The van der Waals surface area contributed by atoms with Gasteiger partial charge in [0, 0.05) is 18.0 Å². The van der Waals surface area contributed by atoms with Crippen molar-refractivity contribution in [3.63, 3.8) is 0 Å². The van der Waals surface area contributed by atoms with E-state index in [1.807, 2.05) is 25.1 Å². The maximum Gasteiger partial charge on any atom is 0.261 e. The predicted octanol–water partition coefficient (Wildman–Crippen LogP) is 2.94. The van der Waals surface area contributed by atoms with E-state index in [9.17, 15) is 9.59 Å². The first-order valence-electron chi connectivity index (χ1n) is 8.93. The lowest BCUT2D eigenvalue weighted by Gasteiger charge is -2.18. The smallest absolute Gasteiger partial charge is 0.261 e. The number of nitrogens with zero attached hydrogens (tertiary/aromatic N) is 1. The topological polar surface area (TPSA) is 61.4 Å². The Morgan fingerprint density at radius 3 is 2.19 bits per heavy atom. The van der Waals surface area contributed by atoms with Crippen LogP contribution in [-0.4, -0.2) is 36.3 Å². The van der Waals surface area contributed by atoms with Crippen molar-refractivity contribution in [3.05, 3.63) is 57.3 Å². The van der Waals surface area contributed by atoms with Gasteiger partial charge in [-0.15, -0.1) is 11.3 Å². The van der Waals surface area contributed by atoms with Crippen LogP contribution in [0, 0.1) is 6.92 Å². The van der Waals surface area contributed by atoms with Crippen molar-refractivity contribution in [1.82, 2.24) is 15.5 Å². The molecule has 2 N–H and O–H groups in total. The quantitative estimate of drug-likeness (QED) is 0.710. The summed E-state index contributed by atoms with van der Waals surface area (Å²) in [4.78, 5) is 27.9. The maximum absolute atomic E-state index is 11.9. The van der Waals surface area contributed by atoms with Crippen molar-refractivity contribution in [2.24, 2.45) is 0 Å². The van der Waals surface area contributed by atoms with Gasteiger partial charge in [0.05, 0.1) is 11.4 Å². The molecule has 0 aliphatic carbocycles. The van der Waals surface area contributed by atoms with Crippen molar-refractivity contribution in [2.45, 2.75) is 33.9 Å². The van der Waals surface area contributed by atoms with Crippen LogP contribution < -0.4 is 10.6 Å². The molecule has 0 radical (unpaired) electrons. The average Bonchev–Trinajstić information content (AvgIpc) is 3.09. The number of aryl methyl sites for hydroxylation is 1. The third-order valence-corrected chi connectivity index (χ3v) is 5.19. The van der Waals surface area contributed by atoms with E-state index in [1.54, 1.807) is 6.07 Å². The molecule has 1 aromatic carbocycles. The number of rotatable bonds is 9. The van der Waals surface area contributed by atoms with Crippen molar-refractivity contribution >= 4 is 23.2 Å². The summed E-state index contributed by atoms with van der Waals surface area (Å²) in [5.74, 6) is -0.405. The van der Waals surface area contributed by atoms with Gasteiger partial charge in [-0.2, -0.15) is 0 Å². The summed E-state index contributed by atoms with van der Waals surface area (Å²) in [7, 11) is 0. The van der Waals surface area contributed by atoms with Gasteiger partial charge in [0.1, 0.15) is 0 Å². The van der Waals surface area contributed by atoms with Gasteiger partial charge in [0.25, 0.3) is 5.91 Å². The fourth-order valence-corrected chi connectivity index (χ4v) is 3.32. The summed E-state index contributed by atoms with van der Waals surface area (Å²) < 4.78 is 0. The molecule has 140 valence electrons. The minimum Gasteiger partial charge on any atom is -0.350 e. The van der Waals surface area contributed by atoms with E-state index in [2.05, 4.69) is 41.5 Å². The van der Waals surface area contributed by atoms with E-state index in [0.29, 0.717) is 11.4 Å². The molecule has 0 bridgehead atoms. The largest absolute Gasteiger partial charge is 0.350 e. The molecule has 0 aliphatic heterocycles. The van der Waals surface area contributed by atoms with Gasteiger partial charge in [-0.3, -0.25) is 14.5 Å². The summed E-state index contributed by atoms with van der Waals surface area (Å²) in [6, 6.07) is 11.9. The number of hydrogen-bond donors (Lipinski definition) is 2. The Kier molecular flexibility index (Phi) is 7.81. The Morgan fingerprint density at radius 2 is 1.62 bits per heavy atom. The minimum atomic E-state index is -0.209. The van der Waals surface area contributed by atoms with E-state index in [4.69, 9.17) is 0 Å². The number of nitrogens with one attached hydrogen (secondary N) is 2. The average molecular weight is 374 g/mol. The zero-order valence-corrected chi connectivity index (χ0v) is 16.5. The second-order valence-electron chi connectivity index (χ2n) is 6.15. The predicted molar refractivity (Wildman–Crippen MR) is 106 cm³/mol. The lowest BCUT2D eigenvalue weighted by Crippen LogP contribution is -2.36. The number of carbonyl (C=O) groups is 2. The molecule has 2 amide bonds. The molecule has 0 saturated carbocycles. The fourth-order valence-electron chi connectivity index (χ4n) is 2.54. The van der Waals surface area contributed by atoms with E-state index < -0.39 is 0 Å². The van der Waals surface area contributed by atoms with Crippen LogP contribution in [0.5, 0.6) is 0 Å². The van der Waals surface area contributed by atoms with E-state index in [-0.39, 0.29) is 18.4 Å². The zero-order chi connectivity index (χ0) is 18.9. The SMILES string of the molecule is CCN(CC)Cc1ccc(CNC(=O)CNC(=O)c2ccc(C)s2)cc1. The molecule has 0 unspecified atom stereocenters. The molecule has 2 aromatic rings. The number of thiophene rings is 1. The molecular weight excluding hydrogens is 346 g/mol. The monoisotopic (exact) mass is 373 g/mol. The summed E-state index contributed by atoms with van der Waals surface area (Å²) in [5, 5.41) is 5.48. The van der Waals surface area contributed by atoms with Crippen molar-refractivity contribution < 1.29 is 9.59 Å². The maximum atomic E-state index is 11.9. The van der Waals surface area contributed by atoms with Crippen molar-refractivity contribution in [1.29, 1.82) is 0 Å². The van der Waals surface area contributed by atoms with Gasteiger partial charge >= 0.3 is 0 Å². The third kappa shape index (κ3) is 6.28. The molecular formula is C20H27N3O2S. The van der Waals surface area contributed by atoms with Crippen molar-refractivity contribution in [2.75, 3.05) is 19.6 Å². The molecule has 0 fully saturated rings. The zero-order valence-electron chi connectivity index (χ0n) is 15.7. The molecule has 1 aromatic heterocycles. The van der Waals surface area contributed by atoms with Gasteiger partial charge in [-0.05, 0) is 43.3 Å². The van der Waals surface area contributed by atoms with Crippen LogP contribution >= 0.6 is 11.3 Å². The van der Waals surface area contributed by atoms with Crippen LogP contribution in [0.25, 0.3) is 0 Å². The molecule has 5 nitrogen and oxygen atoms in total.